The van der Waals surface area contributed by atoms with E-state index in [-0.39, 0.29) is 18.6 Å². The second-order valence-corrected chi connectivity index (χ2v) is 5.93. The summed E-state index contributed by atoms with van der Waals surface area (Å²) in [5, 5.41) is 10.5. The molecule has 0 aliphatic heterocycles. The molecule has 1 amide bonds. The second-order valence-electron chi connectivity index (χ2n) is 5.93. The lowest BCUT2D eigenvalue weighted by Gasteiger charge is -2.29. The maximum absolute atomic E-state index is 13.2. The van der Waals surface area contributed by atoms with Gasteiger partial charge < -0.3 is 14.4 Å². The van der Waals surface area contributed by atoms with Gasteiger partial charge in [-0.15, -0.1) is 0 Å². The summed E-state index contributed by atoms with van der Waals surface area (Å²) >= 11 is 0. The quantitative estimate of drug-likeness (QED) is 0.747. The molecule has 0 saturated carbocycles. The van der Waals surface area contributed by atoms with E-state index in [1.54, 1.807) is 30.4 Å². The van der Waals surface area contributed by atoms with Crippen LogP contribution in [-0.4, -0.2) is 38.5 Å². The lowest BCUT2D eigenvalue weighted by atomic mass is 10.1. The van der Waals surface area contributed by atoms with Gasteiger partial charge in [-0.1, -0.05) is 6.92 Å². The van der Waals surface area contributed by atoms with E-state index in [1.165, 1.54) is 0 Å². The summed E-state index contributed by atoms with van der Waals surface area (Å²) in [6, 6.07) is 8.82. The highest BCUT2D eigenvalue weighted by Crippen LogP contribution is 2.20. The third-order valence-corrected chi connectivity index (χ3v) is 4.30. The van der Waals surface area contributed by atoms with E-state index < -0.39 is 0 Å². The Morgan fingerprint density at radius 1 is 1.36 bits per heavy atom. The molecule has 1 N–H and O–H groups in total. The number of hydrogen-bond donors (Lipinski definition) is 1. The van der Waals surface area contributed by atoms with Crippen molar-refractivity contribution in [1.29, 1.82) is 0 Å². The van der Waals surface area contributed by atoms with Crippen molar-refractivity contribution in [1.82, 2.24) is 14.9 Å². The molecular weight excluding hydrogens is 318 g/mol. The van der Waals surface area contributed by atoms with Crippen LogP contribution < -0.4 is 0 Å². The number of fused-ring (bicyclic) bond motifs is 1. The van der Waals surface area contributed by atoms with Gasteiger partial charge in [0.1, 0.15) is 5.76 Å². The van der Waals surface area contributed by atoms with Crippen molar-refractivity contribution in [2.75, 3.05) is 6.61 Å². The fourth-order valence-electron chi connectivity index (χ4n) is 2.85. The summed E-state index contributed by atoms with van der Waals surface area (Å²) in [5.74, 6) is 0.501. The average Bonchev–Trinajstić information content (AvgIpc) is 3.14. The summed E-state index contributed by atoms with van der Waals surface area (Å²) in [4.78, 5) is 23.5. The van der Waals surface area contributed by atoms with Crippen LogP contribution in [0.3, 0.4) is 0 Å². The largest absolute Gasteiger partial charge is 0.467 e. The summed E-state index contributed by atoms with van der Waals surface area (Å²) in [7, 11) is 0. The highest BCUT2D eigenvalue weighted by Gasteiger charge is 2.26. The average molecular weight is 339 g/mol. The van der Waals surface area contributed by atoms with E-state index in [2.05, 4.69) is 9.97 Å². The second kappa shape index (κ2) is 7.44. The first kappa shape index (κ1) is 17.1. The monoisotopic (exact) mass is 339 g/mol. The van der Waals surface area contributed by atoms with Crippen LogP contribution in [-0.2, 0) is 6.54 Å². The van der Waals surface area contributed by atoms with Gasteiger partial charge in [0, 0.05) is 11.6 Å². The van der Waals surface area contributed by atoms with Crippen molar-refractivity contribution in [3.63, 3.8) is 0 Å². The first-order valence-corrected chi connectivity index (χ1v) is 8.30. The molecule has 3 aromatic heterocycles. The maximum Gasteiger partial charge on any atom is 0.256 e. The first-order chi connectivity index (χ1) is 12.1. The number of aryl methyl sites for hydroxylation is 1. The highest BCUT2D eigenvalue weighted by molar-refractivity contribution is 5.98. The van der Waals surface area contributed by atoms with Crippen molar-refractivity contribution >= 4 is 16.9 Å². The molecule has 3 heterocycles. The van der Waals surface area contributed by atoms with Gasteiger partial charge in [-0.05, 0) is 43.7 Å². The summed E-state index contributed by atoms with van der Waals surface area (Å²) in [6.07, 6.45) is 3.90. The van der Waals surface area contributed by atoms with Crippen molar-refractivity contribution in [3.8, 4) is 0 Å². The number of nitrogens with zero attached hydrogens (tertiary/aromatic N) is 3. The zero-order valence-corrected chi connectivity index (χ0v) is 14.3. The Bertz CT molecular complexity index is 857. The van der Waals surface area contributed by atoms with Gasteiger partial charge in [0.05, 0.1) is 36.7 Å². The summed E-state index contributed by atoms with van der Waals surface area (Å²) in [6.45, 7) is 3.94. The number of amides is 1. The third kappa shape index (κ3) is 3.53. The van der Waals surface area contributed by atoms with E-state index in [4.69, 9.17) is 4.42 Å². The first-order valence-electron chi connectivity index (χ1n) is 8.30. The molecular formula is C19H21N3O3. The summed E-state index contributed by atoms with van der Waals surface area (Å²) < 4.78 is 5.39. The standard InChI is InChI=1S/C19H21N3O3/c1-3-15(12-23)22(11-16-7-5-9-25-16)19(24)17-10-14-6-4-8-20-18(14)21-13(17)2/h4-10,15,23H,3,11-12H2,1-2H3/t15-/m1/s1. The molecule has 0 radical (unpaired) electrons. The van der Waals surface area contributed by atoms with Crippen LogP contribution in [0, 0.1) is 6.92 Å². The van der Waals surface area contributed by atoms with Gasteiger partial charge in [-0.3, -0.25) is 4.79 Å². The smallest absolute Gasteiger partial charge is 0.256 e. The molecule has 6 nitrogen and oxygen atoms in total. The van der Waals surface area contributed by atoms with Crippen LogP contribution in [0.15, 0.2) is 47.2 Å². The number of rotatable bonds is 6. The van der Waals surface area contributed by atoms with Gasteiger partial charge in [-0.2, -0.15) is 0 Å². The Labute approximate surface area is 146 Å². The molecule has 0 aliphatic carbocycles. The molecule has 130 valence electrons. The highest BCUT2D eigenvalue weighted by atomic mass is 16.3. The lowest BCUT2D eigenvalue weighted by Crippen LogP contribution is -2.42. The van der Waals surface area contributed by atoms with Crippen molar-refractivity contribution in [2.24, 2.45) is 0 Å². The Kier molecular flexibility index (Phi) is 5.09. The lowest BCUT2D eigenvalue weighted by molar-refractivity contribution is 0.0544. The molecule has 0 saturated heterocycles. The predicted molar refractivity (Wildman–Crippen MR) is 94.0 cm³/mol. The zero-order valence-electron chi connectivity index (χ0n) is 14.3. The van der Waals surface area contributed by atoms with E-state index in [0.29, 0.717) is 35.6 Å². The van der Waals surface area contributed by atoms with Crippen LogP contribution in [0.2, 0.25) is 0 Å². The van der Waals surface area contributed by atoms with Crippen LogP contribution >= 0.6 is 0 Å². The number of aromatic nitrogens is 2. The fourth-order valence-corrected chi connectivity index (χ4v) is 2.85. The minimum absolute atomic E-state index is 0.107. The van der Waals surface area contributed by atoms with E-state index >= 15 is 0 Å². The number of aliphatic hydroxyl groups excluding tert-OH is 1. The predicted octanol–water partition coefficient (Wildman–Crippen LogP) is 2.94. The zero-order chi connectivity index (χ0) is 17.8. The molecule has 3 aromatic rings. The molecule has 0 bridgehead atoms. The SMILES string of the molecule is CC[C@H](CO)N(Cc1ccco1)C(=O)c1cc2cccnc2nc1C. The molecule has 0 spiro atoms. The normalized spacial score (nSPS) is 12.3. The molecule has 0 fully saturated rings. The van der Waals surface area contributed by atoms with Crippen LogP contribution in [0.4, 0.5) is 0 Å². The summed E-state index contributed by atoms with van der Waals surface area (Å²) in [5.41, 5.74) is 1.75. The molecule has 0 aliphatic rings. The van der Waals surface area contributed by atoms with Gasteiger partial charge in [0.15, 0.2) is 5.65 Å². The number of hydrogen-bond acceptors (Lipinski definition) is 5. The van der Waals surface area contributed by atoms with Gasteiger partial charge in [0.25, 0.3) is 5.91 Å². The van der Waals surface area contributed by atoms with Crippen LogP contribution in [0.25, 0.3) is 11.0 Å². The number of carbonyl (C=O) groups excluding carboxylic acids is 1. The number of carbonyl (C=O) groups is 1. The molecule has 6 heteroatoms. The van der Waals surface area contributed by atoms with Crippen molar-refractivity contribution in [3.05, 3.63) is 59.8 Å². The van der Waals surface area contributed by atoms with Gasteiger partial charge in [-0.25, -0.2) is 9.97 Å². The third-order valence-electron chi connectivity index (χ3n) is 4.30. The van der Waals surface area contributed by atoms with Gasteiger partial charge >= 0.3 is 0 Å². The molecule has 3 rings (SSSR count). The van der Waals surface area contributed by atoms with Crippen LogP contribution in [0.5, 0.6) is 0 Å². The van der Waals surface area contributed by atoms with E-state index in [9.17, 15) is 9.90 Å². The van der Waals surface area contributed by atoms with Crippen molar-refractivity contribution in [2.45, 2.75) is 32.9 Å². The molecule has 0 aromatic carbocycles. The Morgan fingerprint density at radius 2 is 2.20 bits per heavy atom. The van der Waals surface area contributed by atoms with E-state index in [1.807, 2.05) is 31.2 Å². The minimum atomic E-state index is -0.290. The Morgan fingerprint density at radius 3 is 2.88 bits per heavy atom. The number of furan rings is 1. The number of pyridine rings is 2. The van der Waals surface area contributed by atoms with Gasteiger partial charge in [0.2, 0.25) is 0 Å². The molecule has 0 unspecified atom stereocenters. The molecule has 25 heavy (non-hydrogen) atoms. The van der Waals surface area contributed by atoms with Crippen LogP contribution in [0.1, 0.15) is 35.2 Å². The Balaban J connectivity index is 2.00. The number of aliphatic hydroxyl groups is 1. The molecule has 1 atom stereocenters. The van der Waals surface area contributed by atoms with E-state index in [0.717, 1.165) is 5.39 Å². The topological polar surface area (TPSA) is 79.5 Å². The maximum atomic E-state index is 13.2. The minimum Gasteiger partial charge on any atom is -0.467 e. The fraction of sp³-hybridized carbons (Fsp3) is 0.316. The Hall–Kier alpha value is -2.73. The van der Waals surface area contributed by atoms with Crippen molar-refractivity contribution < 1.29 is 14.3 Å².